The van der Waals surface area contributed by atoms with E-state index >= 15 is 0 Å². The number of ether oxygens (including phenoxy) is 1. The number of fused-ring (bicyclic) bond motifs is 1. The molecule has 0 spiro atoms. The molecule has 0 radical (unpaired) electrons. The third-order valence-electron chi connectivity index (χ3n) is 4.72. The van der Waals surface area contributed by atoms with Crippen LogP contribution in [-0.2, 0) is 11.8 Å². The Morgan fingerprint density at radius 1 is 0.926 bits per heavy atom. The number of esters is 1. The number of aromatic nitrogens is 4. The summed E-state index contributed by atoms with van der Waals surface area (Å²) in [7, 11) is 3.10. The second-order valence-corrected chi connectivity index (χ2v) is 6.57. The quantitative estimate of drug-likeness (QED) is 0.521. The minimum Gasteiger partial charge on any atom is -0.465 e. The van der Waals surface area contributed by atoms with E-state index in [0.717, 1.165) is 16.8 Å². The van der Waals surface area contributed by atoms with Crippen molar-refractivity contribution in [2.24, 2.45) is 7.05 Å². The molecule has 0 atom stereocenters. The summed E-state index contributed by atoms with van der Waals surface area (Å²) in [6.45, 7) is 4.18. The summed E-state index contributed by atoms with van der Waals surface area (Å²) in [5.41, 5.74) is 7.00. The van der Waals surface area contributed by atoms with Gasteiger partial charge in [0.25, 0.3) is 0 Å². The Bertz CT molecular complexity index is 1130. The first-order chi connectivity index (χ1) is 13.0. The summed E-state index contributed by atoms with van der Waals surface area (Å²) in [4.78, 5) is 13.7. The lowest BCUT2D eigenvalue weighted by Gasteiger charge is -2.11. The Balaban J connectivity index is 1.81. The molecule has 0 N–H and O–H groups in total. The van der Waals surface area contributed by atoms with Gasteiger partial charge in [0.05, 0.1) is 12.7 Å². The van der Waals surface area contributed by atoms with Crippen LogP contribution in [0.3, 0.4) is 0 Å². The molecule has 6 heteroatoms. The van der Waals surface area contributed by atoms with E-state index in [1.807, 2.05) is 24.3 Å². The average Bonchev–Trinajstić information content (AvgIpc) is 3.21. The number of nitrogens with zero attached hydrogens (tertiary/aromatic N) is 4. The normalized spacial score (nSPS) is 11.1. The largest absolute Gasteiger partial charge is 0.465 e. The monoisotopic (exact) mass is 360 g/mol. The minimum atomic E-state index is -0.419. The van der Waals surface area contributed by atoms with Crippen molar-refractivity contribution in [1.29, 1.82) is 0 Å². The molecular formula is C21H20N4O2. The molecule has 0 saturated carbocycles. The Morgan fingerprint density at radius 3 is 2.22 bits per heavy atom. The molecule has 136 valence electrons. The predicted octanol–water partition coefficient (Wildman–Crippen LogP) is 3.83. The summed E-state index contributed by atoms with van der Waals surface area (Å²) >= 11 is 0. The summed E-state index contributed by atoms with van der Waals surface area (Å²) in [6.07, 6.45) is 0. The van der Waals surface area contributed by atoms with E-state index < -0.39 is 5.97 Å². The zero-order chi connectivity index (χ0) is 19.1. The number of hydrogen-bond donors (Lipinski definition) is 0. The third-order valence-corrected chi connectivity index (χ3v) is 4.72. The summed E-state index contributed by atoms with van der Waals surface area (Å²) in [6, 6.07) is 16.2. The van der Waals surface area contributed by atoms with Crippen LogP contribution in [0.1, 0.15) is 21.7 Å². The standard InChI is InChI=1S/C21H20N4O2/c1-13-5-6-14(2)25(13)17-9-7-15(8-10-17)16-11-18(21(26)27-4)20-19(12-16)22-24(3)23-20/h5-12H,1-4H3. The van der Waals surface area contributed by atoms with Crippen molar-refractivity contribution in [2.75, 3.05) is 7.11 Å². The van der Waals surface area contributed by atoms with Gasteiger partial charge < -0.3 is 9.30 Å². The molecule has 0 fully saturated rings. The molecule has 0 amide bonds. The van der Waals surface area contributed by atoms with Crippen molar-refractivity contribution in [3.63, 3.8) is 0 Å². The SMILES string of the molecule is COC(=O)c1cc(-c2ccc(-n3c(C)ccc3C)cc2)cc2nn(C)nc12. The summed E-state index contributed by atoms with van der Waals surface area (Å²) < 4.78 is 7.12. The van der Waals surface area contributed by atoms with Crippen LogP contribution in [0.15, 0.2) is 48.5 Å². The van der Waals surface area contributed by atoms with Gasteiger partial charge in [0.1, 0.15) is 11.0 Å². The highest BCUT2D eigenvalue weighted by atomic mass is 16.5. The number of aryl methyl sites for hydroxylation is 3. The van der Waals surface area contributed by atoms with Crippen molar-refractivity contribution in [3.8, 4) is 16.8 Å². The molecule has 2 heterocycles. The fourth-order valence-electron chi connectivity index (χ4n) is 3.43. The van der Waals surface area contributed by atoms with E-state index in [4.69, 9.17) is 4.74 Å². The van der Waals surface area contributed by atoms with Gasteiger partial charge in [-0.25, -0.2) is 4.79 Å². The van der Waals surface area contributed by atoms with Gasteiger partial charge in [-0.1, -0.05) is 12.1 Å². The first-order valence-corrected chi connectivity index (χ1v) is 8.67. The molecule has 0 aliphatic heterocycles. The molecule has 0 bridgehead atoms. The molecule has 2 aromatic heterocycles. The fourth-order valence-corrected chi connectivity index (χ4v) is 3.43. The van der Waals surface area contributed by atoms with Gasteiger partial charge in [-0.15, -0.1) is 0 Å². The number of benzene rings is 2. The van der Waals surface area contributed by atoms with Gasteiger partial charge in [-0.2, -0.15) is 15.0 Å². The topological polar surface area (TPSA) is 61.9 Å². The second-order valence-electron chi connectivity index (χ2n) is 6.57. The van der Waals surface area contributed by atoms with E-state index in [1.165, 1.54) is 23.3 Å². The Labute approximate surface area is 157 Å². The highest BCUT2D eigenvalue weighted by Gasteiger charge is 2.17. The molecule has 0 saturated heterocycles. The zero-order valence-corrected chi connectivity index (χ0v) is 15.7. The number of methoxy groups -OCH3 is 1. The number of carbonyl (C=O) groups excluding carboxylic acids is 1. The molecule has 4 rings (SSSR count). The molecule has 4 aromatic rings. The van der Waals surface area contributed by atoms with Gasteiger partial charge in [0.15, 0.2) is 0 Å². The zero-order valence-electron chi connectivity index (χ0n) is 15.7. The van der Waals surface area contributed by atoms with E-state index in [-0.39, 0.29) is 0 Å². The summed E-state index contributed by atoms with van der Waals surface area (Å²) in [5, 5.41) is 8.64. The van der Waals surface area contributed by atoms with Crippen LogP contribution in [0.2, 0.25) is 0 Å². The number of hydrogen-bond acceptors (Lipinski definition) is 4. The summed E-state index contributed by atoms with van der Waals surface area (Å²) in [5.74, 6) is -0.419. The molecule has 0 aliphatic carbocycles. The van der Waals surface area contributed by atoms with Crippen molar-refractivity contribution in [1.82, 2.24) is 19.6 Å². The molecule has 27 heavy (non-hydrogen) atoms. The van der Waals surface area contributed by atoms with E-state index in [2.05, 4.69) is 52.9 Å². The number of carbonyl (C=O) groups is 1. The van der Waals surface area contributed by atoms with Gasteiger partial charge in [0.2, 0.25) is 0 Å². The van der Waals surface area contributed by atoms with Crippen molar-refractivity contribution >= 4 is 17.0 Å². The average molecular weight is 360 g/mol. The Hall–Kier alpha value is -3.41. The Kier molecular flexibility index (Phi) is 4.03. The van der Waals surface area contributed by atoms with E-state index in [0.29, 0.717) is 16.6 Å². The van der Waals surface area contributed by atoms with Crippen molar-refractivity contribution in [2.45, 2.75) is 13.8 Å². The van der Waals surface area contributed by atoms with Crippen LogP contribution < -0.4 is 0 Å². The molecular weight excluding hydrogens is 340 g/mol. The van der Waals surface area contributed by atoms with Crippen molar-refractivity contribution < 1.29 is 9.53 Å². The fraction of sp³-hybridized carbons (Fsp3) is 0.190. The van der Waals surface area contributed by atoms with Crippen molar-refractivity contribution in [3.05, 3.63) is 65.5 Å². The lowest BCUT2D eigenvalue weighted by Crippen LogP contribution is -2.03. The lowest BCUT2D eigenvalue weighted by atomic mass is 10.0. The van der Waals surface area contributed by atoms with Gasteiger partial charge >= 0.3 is 5.97 Å². The third kappa shape index (κ3) is 2.89. The Morgan fingerprint density at radius 2 is 1.59 bits per heavy atom. The van der Waals surface area contributed by atoms with Gasteiger partial charge in [0, 0.05) is 24.1 Å². The minimum absolute atomic E-state index is 0.416. The highest BCUT2D eigenvalue weighted by Crippen LogP contribution is 2.28. The molecule has 0 unspecified atom stereocenters. The van der Waals surface area contributed by atoms with Gasteiger partial charge in [-0.05, 0) is 61.4 Å². The maximum atomic E-state index is 12.2. The van der Waals surface area contributed by atoms with Crippen LogP contribution in [0.25, 0.3) is 27.8 Å². The first-order valence-electron chi connectivity index (χ1n) is 8.67. The van der Waals surface area contributed by atoms with Crippen LogP contribution in [0, 0.1) is 13.8 Å². The first kappa shape index (κ1) is 17.0. The molecule has 6 nitrogen and oxygen atoms in total. The van der Waals surface area contributed by atoms with Gasteiger partial charge in [-0.3, -0.25) is 0 Å². The predicted molar refractivity (Wildman–Crippen MR) is 104 cm³/mol. The molecule has 0 aliphatic rings. The maximum absolute atomic E-state index is 12.2. The number of rotatable bonds is 3. The van der Waals surface area contributed by atoms with Crippen LogP contribution in [-0.4, -0.2) is 32.6 Å². The maximum Gasteiger partial charge on any atom is 0.340 e. The second kappa shape index (κ2) is 6.39. The van der Waals surface area contributed by atoms with Crippen LogP contribution in [0.5, 0.6) is 0 Å². The highest BCUT2D eigenvalue weighted by molar-refractivity contribution is 6.03. The lowest BCUT2D eigenvalue weighted by molar-refractivity contribution is 0.0603. The van der Waals surface area contributed by atoms with E-state index in [1.54, 1.807) is 7.05 Å². The molecule has 2 aromatic carbocycles. The van der Waals surface area contributed by atoms with E-state index in [9.17, 15) is 4.79 Å². The smallest absolute Gasteiger partial charge is 0.340 e. The van der Waals surface area contributed by atoms with Crippen LogP contribution in [0.4, 0.5) is 0 Å². The van der Waals surface area contributed by atoms with Crippen LogP contribution >= 0.6 is 0 Å².